The lowest BCUT2D eigenvalue weighted by Crippen LogP contribution is -2.33. The molecule has 0 radical (unpaired) electrons. The van der Waals surface area contributed by atoms with Gasteiger partial charge in [-0.25, -0.2) is 42.1 Å². The number of amides is 3. The molecule has 9 aromatic heterocycles. The summed E-state index contributed by atoms with van der Waals surface area (Å²) in [5.74, 6) is -0.344. The lowest BCUT2D eigenvalue weighted by molar-refractivity contribution is -0.140. The third-order valence-electron chi connectivity index (χ3n) is 20.0. The third kappa shape index (κ3) is 20.4. The van der Waals surface area contributed by atoms with Crippen LogP contribution < -0.4 is 5.32 Å². The summed E-state index contributed by atoms with van der Waals surface area (Å²) in [6.07, 6.45) is 24.0. The summed E-state index contributed by atoms with van der Waals surface area (Å²) >= 11 is 0. The van der Waals surface area contributed by atoms with Crippen LogP contribution in [0.5, 0.6) is 0 Å². The van der Waals surface area contributed by atoms with E-state index in [2.05, 4.69) is 110 Å². The maximum Gasteiger partial charge on any atom is 0.233 e. The Kier molecular flexibility index (Phi) is 28.4. The fourth-order valence-corrected chi connectivity index (χ4v) is 14.0. The van der Waals surface area contributed by atoms with Gasteiger partial charge in [0.2, 0.25) is 17.7 Å². The first-order valence-corrected chi connectivity index (χ1v) is 36.9. The van der Waals surface area contributed by atoms with Crippen LogP contribution in [0, 0.1) is 23.7 Å². The molecule has 110 heavy (non-hydrogen) atoms. The molecule has 3 amide bonds. The van der Waals surface area contributed by atoms with E-state index in [1.165, 1.54) is 37.7 Å². The second-order valence-corrected chi connectivity index (χ2v) is 27.8. The SMILES string of the molecule is O=C(CCCCCN1C(=O)C2C3C=CC(C3)C2C1=O)NCc1cn([C@H](CO)Cc2cn([C@H](CO)Cc3cn([C@H](CO)Cc4cn([C@H](CO)Cc5cn([C@H](CO)Cc6cn([C@H](CO)Cc7cn([C@H](CO)Cc8cn([C@H](CO)Cc9cn(CCOCCOCCOCCO)nn9)nn8)nn7)nn6)nn5)nn4)nn3)nn2)nn1. The summed E-state index contributed by atoms with van der Waals surface area (Å²) in [5, 5.41) is 172. The highest BCUT2D eigenvalue weighted by molar-refractivity contribution is 6.06. The van der Waals surface area contributed by atoms with Gasteiger partial charge in [-0.2, -0.15) is 0 Å². The Labute approximate surface area is 628 Å². The molecule has 12 atom stereocenters. The number of carbonyl (C=O) groups is 3. The lowest BCUT2D eigenvalue weighted by atomic mass is 9.85. The van der Waals surface area contributed by atoms with Gasteiger partial charge in [0.1, 0.15) is 5.69 Å². The van der Waals surface area contributed by atoms with Gasteiger partial charge < -0.3 is 65.5 Å². The number of hydrogen-bond acceptors (Lipinski definition) is 33. The van der Waals surface area contributed by atoms with E-state index in [1.54, 1.807) is 65.1 Å². The molecule has 4 unspecified atom stereocenters. The molecule has 1 saturated carbocycles. The fourth-order valence-electron chi connectivity index (χ4n) is 14.0. The van der Waals surface area contributed by atoms with Crippen LogP contribution in [0.1, 0.15) is 132 Å². The molecule has 1 aliphatic heterocycles. The normalized spacial score (nSPS) is 18.4. The van der Waals surface area contributed by atoms with Crippen LogP contribution in [-0.4, -0.2) is 309 Å². The van der Waals surface area contributed by atoms with Crippen LogP contribution in [0.15, 0.2) is 67.9 Å². The average molecular weight is 1530 g/mol. The predicted octanol–water partition coefficient (Wildman–Crippen LogP) is -4.76. The van der Waals surface area contributed by atoms with Gasteiger partial charge in [0.25, 0.3) is 0 Å². The van der Waals surface area contributed by atoms with E-state index in [0.29, 0.717) is 123 Å². The zero-order valence-electron chi connectivity index (χ0n) is 60.7. The van der Waals surface area contributed by atoms with E-state index < -0.39 is 48.3 Å². The molecule has 44 heteroatoms. The first-order valence-electron chi connectivity index (χ1n) is 36.9. The molecular weight excluding hydrogens is 1440 g/mol. The van der Waals surface area contributed by atoms with Gasteiger partial charge in [0.15, 0.2) is 0 Å². The number of rotatable bonds is 51. The fraction of sp³-hybridized carbons (Fsp3) is 0.652. The molecule has 0 spiro atoms. The molecular formula is C66H95N29O15. The Morgan fingerprint density at radius 2 is 0.655 bits per heavy atom. The summed E-state index contributed by atoms with van der Waals surface area (Å²) in [6.45, 7) is 0.640. The van der Waals surface area contributed by atoms with Crippen molar-refractivity contribution in [3.8, 4) is 0 Å². The van der Waals surface area contributed by atoms with E-state index in [1.807, 2.05) is 0 Å². The smallest absolute Gasteiger partial charge is 0.233 e. The molecule has 2 bridgehead atoms. The second kappa shape index (κ2) is 39.2. The first-order chi connectivity index (χ1) is 53.8. The van der Waals surface area contributed by atoms with Crippen molar-refractivity contribution in [1.82, 2.24) is 145 Å². The van der Waals surface area contributed by atoms with Crippen molar-refractivity contribution in [2.75, 3.05) is 106 Å². The zero-order valence-corrected chi connectivity index (χ0v) is 60.7. The van der Waals surface area contributed by atoms with Crippen molar-refractivity contribution in [3.05, 3.63) is 119 Å². The number of fused-ring (bicyclic) bond motifs is 5. The van der Waals surface area contributed by atoms with Gasteiger partial charge in [-0.1, -0.05) is 65.5 Å². The van der Waals surface area contributed by atoms with Gasteiger partial charge in [0.05, 0.1) is 224 Å². The topological polar surface area (TPSA) is 553 Å². The lowest BCUT2D eigenvalue weighted by Gasteiger charge is -2.16. The molecule has 3 aliphatic rings. The van der Waals surface area contributed by atoms with Crippen LogP contribution in [0.25, 0.3) is 0 Å². The Morgan fingerprint density at radius 3 is 0.982 bits per heavy atom. The van der Waals surface area contributed by atoms with Crippen molar-refractivity contribution in [2.24, 2.45) is 23.7 Å². The van der Waals surface area contributed by atoms with E-state index in [0.717, 1.165) is 6.42 Å². The third-order valence-corrected chi connectivity index (χ3v) is 20.0. The van der Waals surface area contributed by atoms with Crippen molar-refractivity contribution >= 4 is 17.7 Å². The number of allylic oxidation sites excluding steroid dienone is 2. The minimum Gasteiger partial charge on any atom is -0.394 e. The minimum absolute atomic E-state index is 0.0333. The van der Waals surface area contributed by atoms with Gasteiger partial charge >= 0.3 is 0 Å². The number of imide groups is 1. The highest BCUT2D eigenvalue weighted by Crippen LogP contribution is 2.52. The van der Waals surface area contributed by atoms with Crippen LogP contribution in [0.2, 0.25) is 0 Å². The predicted molar refractivity (Wildman–Crippen MR) is 373 cm³/mol. The second-order valence-electron chi connectivity index (χ2n) is 27.8. The minimum atomic E-state index is -0.625. The Hall–Kier alpha value is -9.87. The number of hydrogen-bond donors (Lipinski definition) is 10. The summed E-state index contributed by atoms with van der Waals surface area (Å²) in [4.78, 5) is 40.1. The van der Waals surface area contributed by atoms with Gasteiger partial charge in [-0.15, -0.1) is 45.9 Å². The number of unbranched alkanes of at least 4 members (excludes halogenated alkanes) is 2. The summed E-state index contributed by atoms with van der Waals surface area (Å²) < 4.78 is 29.9. The number of aliphatic hydroxyl groups excluding tert-OH is 9. The quantitative estimate of drug-likeness (QED) is 0.00972. The molecule has 0 aromatic carbocycles. The Balaban J connectivity index is 0.554. The standard InChI is InChI=1S/C66H95N29O15/c96-9-11-109-13-15-110-14-12-108-10-8-86-26-45(68-77-86)17-54(35-97)88-27-46(69-78-88)18-55(36-98)89-28-47(70-79-89)19-56(37-99)90-29-48(71-80-90)20-57(38-100)91-30-49(72-81-91)21-58(39-101)92-31-50(73-82-92)22-59(40-102)93-32-51(74-83-93)23-60(41-103)94-33-52(75-84-94)24-61(42-104)95-34-53(76-85-95)25-67-62(105)4-2-1-3-7-87-65(106)63-43-5-6-44(16-43)64(63)66(87)107/h5-6,26-34,43-44,54-61,63-64,96-104H,1-4,7-25,35-42H2,(H,67,105)/t43?,44?,54-,55-,56-,57-,58-,59-,60-,61-,63?,64?/m0/s1. The number of ether oxygens (including phenoxy) is 3. The van der Waals surface area contributed by atoms with E-state index >= 15 is 0 Å². The van der Waals surface area contributed by atoms with E-state index in [-0.39, 0.29) is 165 Å². The number of aromatic nitrogens is 27. The molecule has 594 valence electrons. The highest BCUT2D eigenvalue weighted by atomic mass is 16.5. The molecule has 1 saturated heterocycles. The van der Waals surface area contributed by atoms with Crippen molar-refractivity contribution in [1.29, 1.82) is 0 Å². The largest absolute Gasteiger partial charge is 0.394 e. The van der Waals surface area contributed by atoms with Crippen molar-refractivity contribution in [3.63, 3.8) is 0 Å². The number of aliphatic hydroxyl groups is 9. The van der Waals surface area contributed by atoms with Gasteiger partial charge in [0, 0.05) is 114 Å². The Bertz CT molecular complexity index is 4320. The molecule has 2 fully saturated rings. The molecule has 2 aliphatic carbocycles. The summed E-state index contributed by atoms with van der Waals surface area (Å²) in [6, 6.07) is -4.72. The number of likely N-dealkylation sites (tertiary alicyclic amines) is 1. The van der Waals surface area contributed by atoms with E-state index in [4.69, 9.17) is 19.3 Å². The maximum atomic E-state index is 13.0. The zero-order chi connectivity index (χ0) is 76.9. The van der Waals surface area contributed by atoms with Crippen molar-refractivity contribution in [2.45, 2.75) is 145 Å². The monoisotopic (exact) mass is 1530 g/mol. The van der Waals surface area contributed by atoms with Crippen molar-refractivity contribution < 1.29 is 74.6 Å². The molecule has 12 rings (SSSR count). The molecule has 9 aromatic rings. The molecule has 10 heterocycles. The van der Waals surface area contributed by atoms with E-state index in [9.17, 15) is 55.2 Å². The summed E-state index contributed by atoms with van der Waals surface area (Å²) in [5.41, 5.74) is 4.60. The van der Waals surface area contributed by atoms with Crippen LogP contribution in [-0.2, 0) is 93.1 Å². The van der Waals surface area contributed by atoms with Gasteiger partial charge in [-0.05, 0) is 31.1 Å². The number of nitrogens with one attached hydrogen (secondary N) is 1. The van der Waals surface area contributed by atoms with Gasteiger partial charge in [-0.3, -0.25) is 19.3 Å². The van der Waals surface area contributed by atoms with Crippen LogP contribution in [0.3, 0.4) is 0 Å². The summed E-state index contributed by atoms with van der Waals surface area (Å²) in [7, 11) is 0. The highest BCUT2D eigenvalue weighted by Gasteiger charge is 2.59. The maximum absolute atomic E-state index is 13.0. The Morgan fingerprint density at radius 1 is 0.364 bits per heavy atom. The molecule has 10 N–H and O–H groups in total. The van der Waals surface area contributed by atoms with Crippen LogP contribution >= 0.6 is 0 Å². The molecule has 44 nitrogen and oxygen atoms in total. The van der Waals surface area contributed by atoms with Crippen LogP contribution in [0.4, 0.5) is 0 Å². The first kappa shape index (κ1) is 79.7. The number of carbonyl (C=O) groups excluding carboxylic acids is 3. The number of nitrogens with zero attached hydrogens (tertiary/aromatic N) is 28. The average Bonchev–Trinajstić information content (AvgIpc) is 1.57.